The molecule has 0 aliphatic carbocycles. The number of H-pyrrole nitrogens is 1. The van der Waals surface area contributed by atoms with Crippen LogP contribution in [0.4, 0.5) is 0 Å². The van der Waals surface area contributed by atoms with Gasteiger partial charge in [0.1, 0.15) is 11.5 Å². The second kappa shape index (κ2) is 6.62. The maximum absolute atomic E-state index is 5.67. The van der Waals surface area contributed by atoms with E-state index in [9.17, 15) is 0 Å². The first-order valence-corrected chi connectivity index (χ1v) is 7.59. The zero-order valence-electron chi connectivity index (χ0n) is 13.0. The Bertz CT molecular complexity index is 715. The first kappa shape index (κ1) is 14.6. The predicted molar refractivity (Wildman–Crippen MR) is 87.6 cm³/mol. The van der Waals surface area contributed by atoms with Gasteiger partial charge in [-0.05, 0) is 30.5 Å². The van der Waals surface area contributed by atoms with Crippen LogP contribution in [0.15, 0.2) is 53.1 Å². The van der Waals surface area contributed by atoms with Crippen LogP contribution in [0, 0.1) is 6.92 Å². The van der Waals surface area contributed by atoms with Gasteiger partial charge < -0.3 is 9.73 Å². The minimum Gasteiger partial charge on any atom is -0.460 e. The number of aromatic nitrogens is 2. The largest absolute Gasteiger partial charge is 0.460 e. The van der Waals surface area contributed by atoms with Crippen LogP contribution in [0.1, 0.15) is 29.7 Å². The van der Waals surface area contributed by atoms with E-state index >= 15 is 0 Å². The lowest BCUT2D eigenvalue weighted by Crippen LogP contribution is -2.19. The summed E-state index contributed by atoms with van der Waals surface area (Å²) in [4.78, 5) is 0. The Morgan fingerprint density at radius 2 is 2.00 bits per heavy atom. The molecule has 22 heavy (non-hydrogen) atoms. The predicted octanol–water partition coefficient (Wildman–Crippen LogP) is 3.87. The molecule has 2 heterocycles. The molecule has 4 heteroatoms. The summed E-state index contributed by atoms with van der Waals surface area (Å²) >= 11 is 0. The van der Waals surface area contributed by atoms with Crippen LogP contribution in [0.2, 0.25) is 0 Å². The molecule has 114 valence electrons. The Hall–Kier alpha value is -2.33. The highest BCUT2D eigenvalue weighted by Crippen LogP contribution is 2.23. The molecular weight excluding hydrogens is 274 g/mol. The highest BCUT2D eigenvalue weighted by molar-refractivity contribution is 5.56. The highest BCUT2D eigenvalue weighted by Gasteiger charge is 2.11. The van der Waals surface area contributed by atoms with Crippen molar-refractivity contribution < 1.29 is 4.42 Å². The number of furan rings is 1. The molecule has 0 saturated carbocycles. The van der Waals surface area contributed by atoms with Gasteiger partial charge in [-0.2, -0.15) is 5.10 Å². The summed E-state index contributed by atoms with van der Waals surface area (Å²) in [7, 11) is 0. The van der Waals surface area contributed by atoms with E-state index in [0.29, 0.717) is 5.92 Å². The Kier molecular flexibility index (Phi) is 4.39. The molecule has 2 aromatic heterocycles. The molecule has 3 aromatic rings. The maximum Gasteiger partial charge on any atom is 0.152 e. The molecule has 0 spiro atoms. The van der Waals surface area contributed by atoms with Crippen molar-refractivity contribution in [3.8, 4) is 11.5 Å². The normalized spacial score (nSPS) is 12.5. The average molecular weight is 295 g/mol. The Labute approximate surface area is 130 Å². The van der Waals surface area contributed by atoms with E-state index in [-0.39, 0.29) is 0 Å². The second-order valence-electron chi connectivity index (χ2n) is 5.62. The van der Waals surface area contributed by atoms with Gasteiger partial charge in [-0.3, -0.25) is 5.10 Å². The van der Waals surface area contributed by atoms with E-state index in [0.717, 1.165) is 35.9 Å². The van der Waals surface area contributed by atoms with Crippen molar-refractivity contribution in [1.82, 2.24) is 15.5 Å². The van der Waals surface area contributed by atoms with Crippen molar-refractivity contribution in [2.75, 3.05) is 6.54 Å². The lowest BCUT2D eigenvalue weighted by Gasteiger charge is -2.12. The number of nitrogens with one attached hydrogen (secondary N) is 2. The van der Waals surface area contributed by atoms with Gasteiger partial charge >= 0.3 is 0 Å². The molecule has 0 saturated heterocycles. The summed E-state index contributed by atoms with van der Waals surface area (Å²) in [5.74, 6) is 2.21. The molecule has 1 aromatic carbocycles. The Morgan fingerprint density at radius 3 is 2.73 bits per heavy atom. The van der Waals surface area contributed by atoms with E-state index in [2.05, 4.69) is 46.7 Å². The third-order valence-corrected chi connectivity index (χ3v) is 3.84. The van der Waals surface area contributed by atoms with Crippen molar-refractivity contribution in [2.45, 2.75) is 26.3 Å². The van der Waals surface area contributed by atoms with E-state index in [4.69, 9.17) is 4.42 Å². The lowest BCUT2D eigenvalue weighted by molar-refractivity contribution is 0.544. The fourth-order valence-corrected chi connectivity index (χ4v) is 2.55. The quantitative estimate of drug-likeness (QED) is 0.726. The number of hydrogen-bond acceptors (Lipinski definition) is 3. The minimum absolute atomic E-state index is 0.474. The molecule has 0 fully saturated rings. The van der Waals surface area contributed by atoms with Crippen molar-refractivity contribution in [1.29, 1.82) is 0 Å². The van der Waals surface area contributed by atoms with Crippen molar-refractivity contribution in [3.05, 3.63) is 65.5 Å². The summed E-state index contributed by atoms with van der Waals surface area (Å²) in [6.07, 6.45) is 1.85. The number of benzene rings is 1. The fraction of sp³-hybridized carbons (Fsp3) is 0.278. The third kappa shape index (κ3) is 3.28. The van der Waals surface area contributed by atoms with Gasteiger partial charge in [0.15, 0.2) is 5.76 Å². The summed E-state index contributed by atoms with van der Waals surface area (Å²) in [6, 6.07) is 14.5. The van der Waals surface area contributed by atoms with E-state index < -0.39 is 0 Å². The highest BCUT2D eigenvalue weighted by atomic mass is 16.3. The molecule has 2 N–H and O–H groups in total. The third-order valence-electron chi connectivity index (χ3n) is 3.84. The summed E-state index contributed by atoms with van der Waals surface area (Å²) < 4.78 is 5.67. The van der Waals surface area contributed by atoms with Crippen LogP contribution in [0.3, 0.4) is 0 Å². The number of aryl methyl sites for hydroxylation is 1. The second-order valence-corrected chi connectivity index (χ2v) is 5.62. The zero-order valence-corrected chi connectivity index (χ0v) is 13.0. The molecule has 0 unspecified atom stereocenters. The van der Waals surface area contributed by atoms with Crippen LogP contribution in [0.25, 0.3) is 11.5 Å². The van der Waals surface area contributed by atoms with Gasteiger partial charge in [0.25, 0.3) is 0 Å². The SMILES string of the molecule is Cc1ccc(-c2[nH]ncc2CNC[C@@H](C)c2ccccc2)o1. The first-order valence-electron chi connectivity index (χ1n) is 7.59. The molecule has 0 amide bonds. The lowest BCUT2D eigenvalue weighted by atomic mass is 10.0. The standard InChI is InChI=1S/C18H21N3O/c1-13(15-6-4-3-5-7-15)10-19-11-16-12-20-21-18(16)17-9-8-14(2)22-17/h3-9,12-13,19H,10-11H2,1-2H3,(H,20,21)/t13-/m1/s1. The van der Waals surface area contributed by atoms with Gasteiger partial charge in [0.2, 0.25) is 0 Å². The fourth-order valence-electron chi connectivity index (χ4n) is 2.55. The Balaban J connectivity index is 1.60. The zero-order chi connectivity index (χ0) is 15.4. The molecule has 1 atom stereocenters. The van der Waals surface area contributed by atoms with Crippen LogP contribution >= 0.6 is 0 Å². The Morgan fingerprint density at radius 1 is 1.18 bits per heavy atom. The van der Waals surface area contributed by atoms with Crippen molar-refractivity contribution in [3.63, 3.8) is 0 Å². The van der Waals surface area contributed by atoms with E-state index in [1.54, 1.807) is 0 Å². The van der Waals surface area contributed by atoms with Crippen molar-refractivity contribution in [2.24, 2.45) is 0 Å². The number of hydrogen-bond donors (Lipinski definition) is 2. The smallest absolute Gasteiger partial charge is 0.152 e. The topological polar surface area (TPSA) is 53.9 Å². The number of nitrogens with zero attached hydrogens (tertiary/aromatic N) is 1. The average Bonchev–Trinajstić information content (AvgIpc) is 3.16. The van der Waals surface area contributed by atoms with Crippen LogP contribution in [0.5, 0.6) is 0 Å². The van der Waals surface area contributed by atoms with Crippen LogP contribution in [-0.2, 0) is 6.54 Å². The molecule has 0 bridgehead atoms. The van der Waals surface area contributed by atoms with Crippen LogP contribution in [-0.4, -0.2) is 16.7 Å². The van der Waals surface area contributed by atoms with E-state index in [1.807, 2.05) is 31.3 Å². The summed E-state index contributed by atoms with van der Waals surface area (Å²) in [6.45, 7) is 5.86. The number of aromatic amines is 1. The molecule has 3 rings (SSSR count). The van der Waals surface area contributed by atoms with Crippen LogP contribution < -0.4 is 5.32 Å². The molecular formula is C18H21N3O. The van der Waals surface area contributed by atoms with Gasteiger partial charge in [0, 0.05) is 18.7 Å². The monoisotopic (exact) mass is 295 g/mol. The number of rotatable bonds is 6. The van der Waals surface area contributed by atoms with Crippen molar-refractivity contribution >= 4 is 0 Å². The summed E-state index contributed by atoms with van der Waals surface area (Å²) in [5, 5.41) is 10.7. The molecule has 0 aliphatic heterocycles. The van der Waals surface area contributed by atoms with Gasteiger partial charge in [-0.1, -0.05) is 37.3 Å². The minimum atomic E-state index is 0.474. The molecule has 0 radical (unpaired) electrons. The van der Waals surface area contributed by atoms with Gasteiger partial charge in [-0.15, -0.1) is 0 Å². The van der Waals surface area contributed by atoms with Gasteiger partial charge in [-0.25, -0.2) is 0 Å². The molecule has 0 aliphatic rings. The van der Waals surface area contributed by atoms with Gasteiger partial charge in [0.05, 0.1) is 6.20 Å². The maximum atomic E-state index is 5.67. The summed E-state index contributed by atoms with van der Waals surface area (Å²) in [5.41, 5.74) is 3.42. The van der Waals surface area contributed by atoms with E-state index in [1.165, 1.54) is 5.56 Å². The molecule has 4 nitrogen and oxygen atoms in total. The first-order chi connectivity index (χ1) is 10.7.